The highest BCUT2D eigenvalue weighted by molar-refractivity contribution is 7.13. The number of esters is 1. The number of pyridine rings is 1. The predicted molar refractivity (Wildman–Crippen MR) is 77.9 cm³/mol. The summed E-state index contributed by atoms with van der Waals surface area (Å²) in [5.74, 6) is -0.273. The van der Waals surface area contributed by atoms with Crippen LogP contribution in [0, 0.1) is 0 Å². The third kappa shape index (κ3) is 4.43. The molecule has 7 heteroatoms. The van der Waals surface area contributed by atoms with Crippen molar-refractivity contribution in [2.24, 2.45) is 5.10 Å². The van der Waals surface area contributed by atoms with Gasteiger partial charge in [0, 0.05) is 17.8 Å². The molecule has 0 atom stereocenters. The van der Waals surface area contributed by atoms with Crippen LogP contribution >= 0.6 is 11.3 Å². The Hall–Kier alpha value is -2.28. The van der Waals surface area contributed by atoms with Crippen LogP contribution in [0.3, 0.4) is 0 Å². The van der Waals surface area contributed by atoms with Crippen LogP contribution < -0.4 is 5.43 Å². The predicted octanol–water partition coefficient (Wildman–Crippen LogP) is 2.09. The van der Waals surface area contributed by atoms with Gasteiger partial charge in [-0.25, -0.2) is 4.98 Å². The van der Waals surface area contributed by atoms with Gasteiger partial charge in [-0.1, -0.05) is 0 Å². The van der Waals surface area contributed by atoms with Gasteiger partial charge in [-0.2, -0.15) is 5.10 Å². The summed E-state index contributed by atoms with van der Waals surface area (Å²) in [5, 5.41) is 6.51. The number of anilines is 1. The SMILES string of the molecule is CCOC(=O)Cc1csc(N/N=C/c2ccncc2)n1. The highest BCUT2D eigenvalue weighted by Crippen LogP contribution is 2.15. The quantitative estimate of drug-likeness (QED) is 0.501. The molecule has 0 aromatic carbocycles. The molecule has 104 valence electrons. The first kappa shape index (κ1) is 14.1. The number of ether oxygens (including phenoxy) is 1. The second kappa shape index (κ2) is 7.34. The molecule has 20 heavy (non-hydrogen) atoms. The van der Waals surface area contributed by atoms with E-state index in [2.05, 4.69) is 20.5 Å². The van der Waals surface area contributed by atoms with Crippen molar-refractivity contribution in [2.75, 3.05) is 12.0 Å². The minimum Gasteiger partial charge on any atom is -0.466 e. The van der Waals surface area contributed by atoms with Gasteiger partial charge in [0.2, 0.25) is 5.13 Å². The molecule has 2 heterocycles. The van der Waals surface area contributed by atoms with E-state index in [-0.39, 0.29) is 12.4 Å². The molecule has 0 bridgehead atoms. The van der Waals surface area contributed by atoms with Gasteiger partial charge in [0.15, 0.2) is 0 Å². The molecule has 2 aromatic rings. The molecule has 2 aromatic heterocycles. The van der Waals surface area contributed by atoms with Gasteiger partial charge in [0.05, 0.1) is 24.9 Å². The number of thiazole rings is 1. The Morgan fingerprint density at radius 3 is 3.05 bits per heavy atom. The lowest BCUT2D eigenvalue weighted by molar-refractivity contribution is -0.142. The molecule has 0 radical (unpaired) electrons. The average molecular weight is 290 g/mol. The van der Waals surface area contributed by atoms with Crippen molar-refractivity contribution in [1.29, 1.82) is 0 Å². The highest BCUT2D eigenvalue weighted by atomic mass is 32.1. The summed E-state index contributed by atoms with van der Waals surface area (Å²) in [6.45, 7) is 2.16. The molecule has 2 rings (SSSR count). The molecule has 0 aliphatic rings. The Morgan fingerprint density at radius 1 is 1.50 bits per heavy atom. The summed E-state index contributed by atoms with van der Waals surface area (Å²) in [6.07, 6.45) is 5.25. The van der Waals surface area contributed by atoms with Gasteiger partial charge in [0.1, 0.15) is 0 Å². The van der Waals surface area contributed by atoms with E-state index in [0.717, 1.165) is 5.56 Å². The average Bonchev–Trinajstić information content (AvgIpc) is 2.88. The molecule has 0 saturated carbocycles. The van der Waals surface area contributed by atoms with Gasteiger partial charge >= 0.3 is 5.97 Å². The topological polar surface area (TPSA) is 76.5 Å². The van der Waals surface area contributed by atoms with Crippen LogP contribution in [0.1, 0.15) is 18.2 Å². The maximum atomic E-state index is 11.3. The third-order valence-corrected chi connectivity index (χ3v) is 3.06. The van der Waals surface area contributed by atoms with Crippen molar-refractivity contribution in [3.05, 3.63) is 41.2 Å². The van der Waals surface area contributed by atoms with Crippen molar-refractivity contribution in [3.63, 3.8) is 0 Å². The van der Waals surface area contributed by atoms with Crippen molar-refractivity contribution in [1.82, 2.24) is 9.97 Å². The molecule has 0 amide bonds. The zero-order valence-electron chi connectivity index (χ0n) is 10.9. The van der Waals surface area contributed by atoms with Gasteiger partial charge < -0.3 is 4.74 Å². The highest BCUT2D eigenvalue weighted by Gasteiger charge is 2.07. The fourth-order valence-electron chi connectivity index (χ4n) is 1.41. The zero-order chi connectivity index (χ0) is 14.2. The monoisotopic (exact) mass is 290 g/mol. The lowest BCUT2D eigenvalue weighted by Gasteiger charge is -1.98. The second-order valence-corrected chi connectivity index (χ2v) is 4.63. The van der Waals surface area contributed by atoms with Crippen LogP contribution in [0.2, 0.25) is 0 Å². The van der Waals surface area contributed by atoms with Gasteiger partial charge in [-0.15, -0.1) is 11.3 Å². The Morgan fingerprint density at radius 2 is 2.30 bits per heavy atom. The number of hydrogen-bond acceptors (Lipinski definition) is 7. The third-order valence-electron chi connectivity index (χ3n) is 2.26. The van der Waals surface area contributed by atoms with E-state index in [1.165, 1.54) is 11.3 Å². The first-order valence-corrected chi connectivity index (χ1v) is 6.95. The van der Waals surface area contributed by atoms with Crippen molar-refractivity contribution < 1.29 is 9.53 Å². The number of nitrogens with one attached hydrogen (secondary N) is 1. The molecule has 0 spiro atoms. The molecule has 0 saturated heterocycles. The number of rotatable bonds is 6. The first-order chi connectivity index (χ1) is 9.78. The normalized spacial score (nSPS) is 10.7. The van der Waals surface area contributed by atoms with E-state index >= 15 is 0 Å². The number of carbonyl (C=O) groups is 1. The van der Waals surface area contributed by atoms with E-state index in [1.54, 1.807) is 30.9 Å². The van der Waals surface area contributed by atoms with E-state index in [4.69, 9.17) is 4.74 Å². The summed E-state index contributed by atoms with van der Waals surface area (Å²) in [5.41, 5.74) is 4.44. The maximum Gasteiger partial charge on any atom is 0.311 e. The number of aromatic nitrogens is 2. The second-order valence-electron chi connectivity index (χ2n) is 3.78. The van der Waals surface area contributed by atoms with Gasteiger partial charge in [0.25, 0.3) is 0 Å². The number of hydrogen-bond donors (Lipinski definition) is 1. The van der Waals surface area contributed by atoms with Crippen LogP contribution in [-0.2, 0) is 16.0 Å². The Balaban J connectivity index is 1.87. The summed E-state index contributed by atoms with van der Waals surface area (Å²) in [4.78, 5) is 19.5. The van der Waals surface area contributed by atoms with Crippen LogP contribution in [0.4, 0.5) is 5.13 Å². The summed E-state index contributed by atoms with van der Waals surface area (Å²) in [7, 11) is 0. The molecule has 6 nitrogen and oxygen atoms in total. The molecule has 0 fully saturated rings. The van der Waals surface area contributed by atoms with E-state index in [0.29, 0.717) is 17.4 Å². The lowest BCUT2D eigenvalue weighted by atomic mass is 10.3. The van der Waals surface area contributed by atoms with Gasteiger partial charge in [-0.3, -0.25) is 15.2 Å². The van der Waals surface area contributed by atoms with Crippen LogP contribution in [0.5, 0.6) is 0 Å². The zero-order valence-corrected chi connectivity index (χ0v) is 11.8. The minimum absolute atomic E-state index is 0.181. The lowest BCUT2D eigenvalue weighted by Crippen LogP contribution is -2.07. The van der Waals surface area contributed by atoms with Crippen LogP contribution in [-0.4, -0.2) is 28.8 Å². The van der Waals surface area contributed by atoms with Crippen LogP contribution in [0.15, 0.2) is 35.0 Å². The Bertz CT molecular complexity index is 583. The fraction of sp³-hybridized carbons (Fsp3) is 0.231. The van der Waals surface area contributed by atoms with Crippen LogP contribution in [0.25, 0.3) is 0 Å². The molecular formula is C13H14N4O2S. The standard InChI is InChI=1S/C13H14N4O2S/c1-2-19-12(18)7-11-9-20-13(16-11)17-15-8-10-3-5-14-6-4-10/h3-6,8-9H,2,7H2,1H3,(H,16,17)/b15-8+. The van der Waals surface area contributed by atoms with Crippen molar-refractivity contribution in [2.45, 2.75) is 13.3 Å². The Labute approximate surface area is 120 Å². The Kier molecular flexibility index (Phi) is 5.19. The van der Waals surface area contributed by atoms with E-state index < -0.39 is 0 Å². The minimum atomic E-state index is -0.273. The summed E-state index contributed by atoms with van der Waals surface area (Å²) < 4.78 is 4.86. The number of nitrogens with zero attached hydrogens (tertiary/aromatic N) is 3. The molecule has 1 N–H and O–H groups in total. The molecule has 0 unspecified atom stereocenters. The summed E-state index contributed by atoms with van der Waals surface area (Å²) >= 11 is 1.39. The van der Waals surface area contributed by atoms with E-state index in [9.17, 15) is 4.79 Å². The molecular weight excluding hydrogens is 276 g/mol. The van der Waals surface area contributed by atoms with Gasteiger partial charge in [-0.05, 0) is 24.6 Å². The fourth-order valence-corrected chi connectivity index (χ4v) is 2.07. The molecule has 0 aliphatic carbocycles. The van der Waals surface area contributed by atoms with E-state index in [1.807, 2.05) is 12.1 Å². The number of carbonyl (C=O) groups excluding carboxylic acids is 1. The first-order valence-electron chi connectivity index (χ1n) is 6.07. The smallest absolute Gasteiger partial charge is 0.311 e. The largest absolute Gasteiger partial charge is 0.466 e. The molecule has 0 aliphatic heterocycles. The van der Waals surface area contributed by atoms with Crippen molar-refractivity contribution >= 4 is 28.7 Å². The summed E-state index contributed by atoms with van der Waals surface area (Å²) in [6, 6.07) is 3.69. The number of hydrazone groups is 1. The van der Waals surface area contributed by atoms with Crippen molar-refractivity contribution in [3.8, 4) is 0 Å². The maximum absolute atomic E-state index is 11.3.